The molecule has 4 aliphatic carbocycles. The van der Waals surface area contributed by atoms with E-state index in [2.05, 4.69) is 61.7 Å². The minimum atomic E-state index is -0.243. The van der Waals surface area contributed by atoms with Gasteiger partial charge in [-0.25, -0.2) is 0 Å². The molecule has 170 valence electrons. The van der Waals surface area contributed by atoms with Gasteiger partial charge < -0.3 is 15.4 Å². The van der Waals surface area contributed by atoms with Crippen molar-refractivity contribution in [1.29, 1.82) is 0 Å². The summed E-state index contributed by atoms with van der Waals surface area (Å²) in [6, 6.07) is 11.3. The first-order chi connectivity index (χ1) is 14.8. The van der Waals surface area contributed by atoms with Crippen LogP contribution in [0.25, 0.3) is 0 Å². The highest BCUT2D eigenvalue weighted by Gasteiger charge is 2.66. The predicted molar refractivity (Wildman–Crippen MR) is 124 cm³/mol. The Morgan fingerprint density at radius 1 is 1.13 bits per heavy atom. The summed E-state index contributed by atoms with van der Waals surface area (Å²) in [4.78, 5) is 14.1. The topological polar surface area (TPSA) is 50.4 Å². The van der Waals surface area contributed by atoms with E-state index < -0.39 is 0 Å². The standard InChI is InChI=1S/C27H40N2O2/c1-4-31-19-25-12-20-13-26(15-25,21-8-6-5-7-9-21)17-27(14-20,16-25)23(30)29-22-10-11-28-18-24(22,2)3/h5-9,20,22,28H,4,10-19H2,1-3H3,(H,29,30)/t20?,22?,25-,26+,27?/m0/s1. The average Bonchev–Trinajstić information content (AvgIpc) is 2.73. The van der Waals surface area contributed by atoms with Crippen molar-refractivity contribution in [3.63, 3.8) is 0 Å². The first-order valence-electron chi connectivity index (χ1n) is 12.5. The van der Waals surface area contributed by atoms with E-state index in [1.54, 1.807) is 0 Å². The third kappa shape index (κ3) is 3.64. The van der Waals surface area contributed by atoms with Gasteiger partial charge in [0, 0.05) is 19.2 Å². The normalized spacial score (nSPS) is 40.6. The summed E-state index contributed by atoms with van der Waals surface area (Å²) < 4.78 is 6.07. The number of carbonyl (C=O) groups excluding carboxylic acids is 1. The Bertz CT molecular complexity index is 824. The summed E-state index contributed by atoms with van der Waals surface area (Å²) in [5.41, 5.74) is 1.56. The van der Waals surface area contributed by atoms with Gasteiger partial charge in [-0.3, -0.25) is 4.79 Å². The molecule has 6 rings (SSSR count). The van der Waals surface area contributed by atoms with Gasteiger partial charge >= 0.3 is 0 Å². The van der Waals surface area contributed by atoms with Crippen LogP contribution in [0, 0.1) is 22.2 Å². The van der Waals surface area contributed by atoms with Crippen LogP contribution in [0.5, 0.6) is 0 Å². The van der Waals surface area contributed by atoms with Gasteiger partial charge in [-0.2, -0.15) is 0 Å². The Kier molecular flexibility index (Phi) is 5.25. The van der Waals surface area contributed by atoms with Crippen molar-refractivity contribution < 1.29 is 9.53 Å². The number of nitrogens with one attached hydrogen (secondary N) is 2. The molecule has 4 bridgehead atoms. The molecule has 1 aromatic rings. The molecule has 1 heterocycles. The molecule has 5 fully saturated rings. The molecule has 2 N–H and O–H groups in total. The van der Waals surface area contributed by atoms with Crippen LogP contribution in [0.1, 0.15) is 71.3 Å². The van der Waals surface area contributed by atoms with E-state index in [1.165, 1.54) is 24.8 Å². The summed E-state index contributed by atoms with van der Waals surface area (Å²) in [5.74, 6) is 0.960. The summed E-state index contributed by atoms with van der Waals surface area (Å²) in [6.45, 7) is 10.2. The lowest BCUT2D eigenvalue weighted by atomic mass is 9.38. The summed E-state index contributed by atoms with van der Waals surface area (Å²) in [6.07, 6.45) is 7.73. The number of ether oxygens (including phenoxy) is 1. The Labute approximate surface area is 187 Å². The average molecular weight is 425 g/mol. The van der Waals surface area contributed by atoms with Gasteiger partial charge in [-0.05, 0) is 86.1 Å². The first kappa shape index (κ1) is 21.5. The zero-order valence-electron chi connectivity index (χ0n) is 19.6. The summed E-state index contributed by atoms with van der Waals surface area (Å²) >= 11 is 0. The molecular weight excluding hydrogens is 384 g/mol. The second-order valence-electron chi connectivity index (χ2n) is 12.1. The van der Waals surface area contributed by atoms with Crippen molar-refractivity contribution in [2.24, 2.45) is 22.2 Å². The van der Waals surface area contributed by atoms with Gasteiger partial charge in [0.15, 0.2) is 0 Å². The van der Waals surface area contributed by atoms with Crippen molar-refractivity contribution in [3.8, 4) is 0 Å². The zero-order valence-corrected chi connectivity index (χ0v) is 19.6. The van der Waals surface area contributed by atoms with Crippen LogP contribution in [-0.2, 0) is 14.9 Å². The van der Waals surface area contributed by atoms with Crippen LogP contribution >= 0.6 is 0 Å². The maximum absolute atomic E-state index is 14.1. The Morgan fingerprint density at radius 3 is 2.68 bits per heavy atom. The second kappa shape index (κ2) is 7.59. The fraction of sp³-hybridized carbons (Fsp3) is 0.741. The van der Waals surface area contributed by atoms with E-state index in [0.29, 0.717) is 11.8 Å². The van der Waals surface area contributed by atoms with Crippen molar-refractivity contribution in [3.05, 3.63) is 35.9 Å². The van der Waals surface area contributed by atoms with E-state index >= 15 is 0 Å². The number of piperidine rings is 1. The molecule has 4 heteroatoms. The zero-order chi connectivity index (χ0) is 21.7. The highest BCUT2D eigenvalue weighted by Crippen LogP contribution is 2.70. The third-order valence-electron chi connectivity index (χ3n) is 9.10. The second-order valence-corrected chi connectivity index (χ2v) is 12.1. The molecule has 1 saturated heterocycles. The Balaban J connectivity index is 1.48. The van der Waals surface area contributed by atoms with E-state index in [1.807, 2.05) is 0 Å². The van der Waals surface area contributed by atoms with Crippen LogP contribution in [0.3, 0.4) is 0 Å². The van der Waals surface area contributed by atoms with Crippen LogP contribution in [0.4, 0.5) is 0 Å². The van der Waals surface area contributed by atoms with Crippen molar-refractivity contribution in [1.82, 2.24) is 10.6 Å². The Hall–Kier alpha value is -1.39. The minimum Gasteiger partial charge on any atom is -0.381 e. The van der Waals surface area contributed by atoms with E-state index in [4.69, 9.17) is 4.74 Å². The van der Waals surface area contributed by atoms with Gasteiger partial charge in [-0.1, -0.05) is 44.2 Å². The molecule has 3 unspecified atom stereocenters. The molecule has 31 heavy (non-hydrogen) atoms. The number of carbonyl (C=O) groups is 1. The Morgan fingerprint density at radius 2 is 1.94 bits per heavy atom. The largest absolute Gasteiger partial charge is 0.381 e. The predicted octanol–water partition coefficient (Wildman–Crippen LogP) is 4.44. The maximum atomic E-state index is 14.1. The molecule has 4 saturated carbocycles. The highest BCUT2D eigenvalue weighted by atomic mass is 16.5. The smallest absolute Gasteiger partial charge is 0.226 e. The molecule has 0 aromatic heterocycles. The summed E-state index contributed by atoms with van der Waals surface area (Å²) in [7, 11) is 0. The monoisotopic (exact) mass is 424 g/mol. The van der Waals surface area contributed by atoms with E-state index in [-0.39, 0.29) is 27.7 Å². The molecule has 1 aliphatic heterocycles. The number of amides is 1. The van der Waals surface area contributed by atoms with E-state index in [9.17, 15) is 4.79 Å². The quantitative estimate of drug-likeness (QED) is 0.710. The molecule has 4 nitrogen and oxygen atoms in total. The third-order valence-corrected chi connectivity index (χ3v) is 9.10. The molecule has 1 aromatic carbocycles. The number of benzene rings is 1. The first-order valence-corrected chi connectivity index (χ1v) is 12.5. The van der Waals surface area contributed by atoms with Crippen LogP contribution in [0.2, 0.25) is 0 Å². The van der Waals surface area contributed by atoms with Crippen molar-refractivity contribution in [2.75, 3.05) is 26.3 Å². The number of hydrogen-bond acceptors (Lipinski definition) is 3. The number of hydrogen-bond donors (Lipinski definition) is 2. The molecule has 0 radical (unpaired) electrons. The maximum Gasteiger partial charge on any atom is 0.226 e. The lowest BCUT2D eigenvalue weighted by molar-refractivity contribution is -0.173. The molecule has 1 amide bonds. The number of rotatable bonds is 6. The van der Waals surface area contributed by atoms with Gasteiger partial charge in [0.1, 0.15) is 0 Å². The van der Waals surface area contributed by atoms with Crippen molar-refractivity contribution >= 4 is 5.91 Å². The fourth-order valence-corrected chi connectivity index (χ4v) is 8.23. The van der Waals surface area contributed by atoms with E-state index in [0.717, 1.165) is 52.0 Å². The van der Waals surface area contributed by atoms with Gasteiger partial charge in [-0.15, -0.1) is 0 Å². The molecular formula is C27H40N2O2. The van der Waals surface area contributed by atoms with Gasteiger partial charge in [0.25, 0.3) is 0 Å². The lowest BCUT2D eigenvalue weighted by Crippen LogP contribution is -2.65. The van der Waals surface area contributed by atoms with Gasteiger partial charge in [0.2, 0.25) is 5.91 Å². The molecule has 5 aliphatic rings. The summed E-state index contributed by atoms with van der Waals surface area (Å²) in [5, 5.41) is 7.09. The van der Waals surface area contributed by atoms with Crippen LogP contribution in [-0.4, -0.2) is 38.3 Å². The molecule has 5 atom stereocenters. The SMILES string of the molecule is CCOC[C@]12CC3CC(C(=O)NC4CCNCC4(C)C)(C1)C[C@@](c1ccccc1)(C3)C2. The lowest BCUT2D eigenvalue weighted by Gasteiger charge is -2.66. The fourth-order valence-electron chi connectivity index (χ4n) is 8.23. The highest BCUT2D eigenvalue weighted by molar-refractivity contribution is 5.84. The van der Waals surface area contributed by atoms with Crippen LogP contribution < -0.4 is 10.6 Å². The van der Waals surface area contributed by atoms with Gasteiger partial charge in [0.05, 0.1) is 12.0 Å². The minimum absolute atomic E-state index is 0.0936. The van der Waals surface area contributed by atoms with Crippen LogP contribution in [0.15, 0.2) is 30.3 Å². The molecule has 0 spiro atoms. The van der Waals surface area contributed by atoms with Crippen molar-refractivity contribution in [2.45, 2.75) is 77.2 Å².